The molecule has 2 N–H and O–H groups in total. The summed E-state index contributed by atoms with van der Waals surface area (Å²) in [6.45, 7) is 11.2. The van der Waals surface area contributed by atoms with Crippen molar-refractivity contribution in [1.82, 2.24) is 0 Å². The van der Waals surface area contributed by atoms with E-state index in [1.807, 2.05) is 12.1 Å². The average molecular weight is 397 g/mol. The maximum absolute atomic E-state index is 10.4. The molecule has 0 aliphatic rings. The van der Waals surface area contributed by atoms with Crippen molar-refractivity contribution in [2.24, 2.45) is 5.92 Å². The van der Waals surface area contributed by atoms with E-state index in [4.69, 9.17) is 0 Å². The van der Waals surface area contributed by atoms with Gasteiger partial charge in [0.25, 0.3) is 0 Å². The third-order valence-electron chi connectivity index (χ3n) is 6.61. The number of hydrogen-bond acceptors (Lipinski definition) is 2. The van der Waals surface area contributed by atoms with Crippen LogP contribution in [0.25, 0.3) is 0 Å². The molecule has 0 aliphatic heterocycles. The summed E-state index contributed by atoms with van der Waals surface area (Å²) in [5.74, 6) is 1.30. The summed E-state index contributed by atoms with van der Waals surface area (Å²) in [7, 11) is 0. The standard InChI is InChI=1S/C27H40O2/c1-6-10-13-22(9-4)27(5,23-14-16-25(28)20(18-23)11-7-2)24-15-17-26(29)21(19-24)12-8-3/h14-19,22,28-29H,6-13H2,1-5H3. The van der Waals surface area contributed by atoms with E-state index in [0.29, 0.717) is 17.4 Å². The molecule has 0 saturated carbocycles. The highest BCUT2D eigenvalue weighted by Gasteiger charge is 2.37. The molecule has 2 heteroatoms. The predicted molar refractivity (Wildman–Crippen MR) is 124 cm³/mol. The van der Waals surface area contributed by atoms with Crippen molar-refractivity contribution >= 4 is 0 Å². The fourth-order valence-electron chi connectivity index (χ4n) is 4.75. The van der Waals surface area contributed by atoms with E-state index in [0.717, 1.165) is 43.2 Å². The molecule has 0 aromatic heterocycles. The highest BCUT2D eigenvalue weighted by atomic mass is 16.3. The lowest BCUT2D eigenvalue weighted by Crippen LogP contribution is -2.33. The van der Waals surface area contributed by atoms with Crippen molar-refractivity contribution in [1.29, 1.82) is 0 Å². The summed E-state index contributed by atoms with van der Waals surface area (Å²) in [6, 6.07) is 12.4. The summed E-state index contributed by atoms with van der Waals surface area (Å²) in [6.07, 6.45) is 8.49. The summed E-state index contributed by atoms with van der Waals surface area (Å²) < 4.78 is 0. The summed E-state index contributed by atoms with van der Waals surface area (Å²) in [5, 5.41) is 20.7. The fraction of sp³-hybridized carbons (Fsp3) is 0.556. The van der Waals surface area contributed by atoms with E-state index in [1.165, 1.54) is 30.4 Å². The number of aryl methyl sites for hydroxylation is 2. The lowest BCUT2D eigenvalue weighted by molar-refractivity contribution is 0.305. The molecule has 0 bridgehead atoms. The molecule has 0 amide bonds. The second-order valence-electron chi connectivity index (χ2n) is 8.64. The van der Waals surface area contributed by atoms with Crippen molar-refractivity contribution in [2.75, 3.05) is 0 Å². The first-order valence-electron chi connectivity index (χ1n) is 11.6. The van der Waals surface area contributed by atoms with E-state index in [1.54, 1.807) is 0 Å². The van der Waals surface area contributed by atoms with Crippen LogP contribution < -0.4 is 0 Å². The van der Waals surface area contributed by atoms with E-state index in [9.17, 15) is 10.2 Å². The van der Waals surface area contributed by atoms with Gasteiger partial charge >= 0.3 is 0 Å². The Bertz CT molecular complexity index is 723. The maximum Gasteiger partial charge on any atom is 0.118 e. The van der Waals surface area contributed by atoms with E-state index in [2.05, 4.69) is 58.9 Å². The summed E-state index contributed by atoms with van der Waals surface area (Å²) >= 11 is 0. The van der Waals surface area contributed by atoms with Gasteiger partial charge in [0.2, 0.25) is 0 Å². The molecule has 2 aromatic carbocycles. The van der Waals surface area contributed by atoms with Gasteiger partial charge in [-0.3, -0.25) is 0 Å². The lowest BCUT2D eigenvalue weighted by atomic mass is 9.64. The molecule has 0 fully saturated rings. The Hall–Kier alpha value is -1.96. The molecule has 29 heavy (non-hydrogen) atoms. The average Bonchev–Trinajstić information content (AvgIpc) is 2.71. The molecule has 0 spiro atoms. The van der Waals surface area contributed by atoms with Crippen LogP contribution in [0.3, 0.4) is 0 Å². The van der Waals surface area contributed by atoms with Gasteiger partial charge in [0.1, 0.15) is 11.5 Å². The van der Waals surface area contributed by atoms with Gasteiger partial charge in [0.15, 0.2) is 0 Å². The Morgan fingerprint density at radius 1 is 0.759 bits per heavy atom. The van der Waals surface area contributed by atoms with Crippen LogP contribution in [0.5, 0.6) is 11.5 Å². The van der Waals surface area contributed by atoms with Gasteiger partial charge in [0, 0.05) is 5.41 Å². The minimum atomic E-state index is -0.156. The molecule has 0 heterocycles. The van der Waals surface area contributed by atoms with Crippen molar-refractivity contribution in [3.63, 3.8) is 0 Å². The quantitative estimate of drug-likeness (QED) is 0.412. The van der Waals surface area contributed by atoms with E-state index < -0.39 is 0 Å². The van der Waals surface area contributed by atoms with Gasteiger partial charge in [-0.25, -0.2) is 0 Å². The Morgan fingerprint density at radius 2 is 1.24 bits per heavy atom. The topological polar surface area (TPSA) is 40.5 Å². The number of rotatable bonds is 11. The molecule has 0 radical (unpaired) electrons. The Kier molecular flexibility index (Phi) is 8.61. The molecule has 2 nitrogen and oxygen atoms in total. The van der Waals surface area contributed by atoms with Gasteiger partial charge in [-0.1, -0.05) is 91.0 Å². The molecule has 2 aromatic rings. The largest absolute Gasteiger partial charge is 0.508 e. The second-order valence-corrected chi connectivity index (χ2v) is 8.64. The fourth-order valence-corrected chi connectivity index (χ4v) is 4.75. The predicted octanol–water partition coefficient (Wildman–Crippen LogP) is 7.53. The SMILES string of the molecule is CCCCC(CC)C(C)(c1ccc(O)c(CCC)c1)c1ccc(O)c(CCC)c1. The van der Waals surface area contributed by atoms with Gasteiger partial charge in [0.05, 0.1) is 0 Å². The van der Waals surface area contributed by atoms with Crippen LogP contribution in [-0.4, -0.2) is 10.2 Å². The van der Waals surface area contributed by atoms with Crippen LogP contribution in [0, 0.1) is 5.92 Å². The van der Waals surface area contributed by atoms with Crippen molar-refractivity contribution in [3.05, 3.63) is 58.7 Å². The second kappa shape index (κ2) is 10.7. The molecule has 1 atom stereocenters. The van der Waals surface area contributed by atoms with Crippen LogP contribution >= 0.6 is 0 Å². The third-order valence-corrected chi connectivity index (χ3v) is 6.61. The first-order chi connectivity index (χ1) is 13.9. The molecular weight excluding hydrogens is 356 g/mol. The zero-order chi connectivity index (χ0) is 21.4. The molecule has 0 aliphatic carbocycles. The number of hydrogen-bond donors (Lipinski definition) is 2. The molecule has 2 rings (SSSR count). The Labute approximate surface area is 178 Å². The molecular formula is C27H40O2. The first-order valence-corrected chi connectivity index (χ1v) is 11.6. The normalized spacial score (nSPS) is 12.9. The van der Waals surface area contributed by atoms with Crippen molar-refractivity contribution in [2.45, 2.75) is 91.4 Å². The number of phenols is 2. The van der Waals surface area contributed by atoms with Gasteiger partial charge in [-0.05, 0) is 59.6 Å². The zero-order valence-electron chi connectivity index (χ0n) is 19.1. The first kappa shape index (κ1) is 23.3. The van der Waals surface area contributed by atoms with Gasteiger partial charge in [-0.2, -0.15) is 0 Å². The Balaban J connectivity index is 2.66. The van der Waals surface area contributed by atoms with Crippen LogP contribution in [0.15, 0.2) is 36.4 Å². The minimum Gasteiger partial charge on any atom is -0.508 e. The number of benzene rings is 2. The monoisotopic (exact) mass is 396 g/mol. The van der Waals surface area contributed by atoms with E-state index >= 15 is 0 Å². The Morgan fingerprint density at radius 3 is 1.62 bits per heavy atom. The number of unbranched alkanes of at least 4 members (excludes halogenated alkanes) is 1. The molecule has 1 unspecified atom stereocenters. The van der Waals surface area contributed by atoms with E-state index in [-0.39, 0.29) is 5.41 Å². The summed E-state index contributed by atoms with van der Waals surface area (Å²) in [5.41, 5.74) is 4.46. The third kappa shape index (κ3) is 5.15. The van der Waals surface area contributed by atoms with Crippen LogP contribution in [0.2, 0.25) is 0 Å². The zero-order valence-corrected chi connectivity index (χ0v) is 19.1. The summed E-state index contributed by atoms with van der Waals surface area (Å²) in [4.78, 5) is 0. The lowest BCUT2D eigenvalue weighted by Gasteiger charge is -2.39. The van der Waals surface area contributed by atoms with Crippen LogP contribution in [-0.2, 0) is 18.3 Å². The van der Waals surface area contributed by atoms with Crippen LogP contribution in [0.1, 0.15) is 95.4 Å². The highest BCUT2D eigenvalue weighted by Crippen LogP contribution is 2.45. The molecule has 0 saturated heterocycles. The van der Waals surface area contributed by atoms with Crippen molar-refractivity contribution < 1.29 is 10.2 Å². The highest BCUT2D eigenvalue weighted by molar-refractivity contribution is 5.48. The smallest absolute Gasteiger partial charge is 0.118 e. The van der Waals surface area contributed by atoms with Crippen molar-refractivity contribution in [3.8, 4) is 11.5 Å². The maximum atomic E-state index is 10.4. The number of phenolic OH excluding ortho intramolecular Hbond substituents is 2. The van der Waals surface area contributed by atoms with Crippen LogP contribution in [0.4, 0.5) is 0 Å². The number of aromatic hydroxyl groups is 2. The minimum absolute atomic E-state index is 0.156. The van der Waals surface area contributed by atoms with Gasteiger partial charge < -0.3 is 10.2 Å². The molecule has 160 valence electrons. The van der Waals surface area contributed by atoms with Gasteiger partial charge in [-0.15, -0.1) is 0 Å².